The largest absolute Gasteiger partial charge is 0.304 e. The standard InChI is InChI=1S/C19H14Cl3N5OS/c20-14-7-23-27(10-14)9-13-6-17(29-11-13)19(28)24-18-3-4-26(25-18)8-12-1-2-15(21)16(22)5-12/h1-7,10-11H,8-9H2,(H,24,25,28). The summed E-state index contributed by atoms with van der Waals surface area (Å²) in [6.07, 6.45) is 5.11. The summed E-state index contributed by atoms with van der Waals surface area (Å²) < 4.78 is 3.44. The van der Waals surface area contributed by atoms with Crippen LogP contribution in [0, 0.1) is 0 Å². The molecule has 0 spiro atoms. The lowest BCUT2D eigenvalue weighted by molar-refractivity contribution is 0.103. The Balaban J connectivity index is 1.38. The van der Waals surface area contributed by atoms with Crippen molar-refractivity contribution in [3.8, 4) is 0 Å². The number of carbonyl (C=O) groups excluding carboxylic acids is 1. The molecule has 0 saturated carbocycles. The third-order valence-corrected chi connectivity index (χ3v) is 5.95. The molecule has 0 saturated heterocycles. The molecule has 0 atom stereocenters. The van der Waals surface area contributed by atoms with Crippen LogP contribution in [0.15, 0.2) is 54.3 Å². The van der Waals surface area contributed by atoms with E-state index in [0.29, 0.717) is 38.9 Å². The van der Waals surface area contributed by atoms with Crippen LogP contribution in [0.4, 0.5) is 5.82 Å². The molecule has 0 aliphatic heterocycles. The molecule has 10 heteroatoms. The van der Waals surface area contributed by atoms with Crippen molar-refractivity contribution < 1.29 is 4.79 Å². The number of halogens is 3. The molecular formula is C19H14Cl3N5OS. The Labute approximate surface area is 185 Å². The lowest BCUT2D eigenvalue weighted by Crippen LogP contribution is -2.11. The lowest BCUT2D eigenvalue weighted by atomic mass is 10.2. The van der Waals surface area contributed by atoms with E-state index < -0.39 is 0 Å². The van der Waals surface area contributed by atoms with E-state index in [2.05, 4.69) is 15.5 Å². The van der Waals surface area contributed by atoms with Gasteiger partial charge in [-0.15, -0.1) is 11.3 Å². The molecule has 3 heterocycles. The fourth-order valence-electron chi connectivity index (χ4n) is 2.71. The van der Waals surface area contributed by atoms with Crippen molar-refractivity contribution in [3.05, 3.63) is 85.4 Å². The number of amides is 1. The second-order valence-corrected chi connectivity index (χ2v) is 8.44. The van der Waals surface area contributed by atoms with Gasteiger partial charge in [0.2, 0.25) is 0 Å². The van der Waals surface area contributed by atoms with Gasteiger partial charge in [-0.05, 0) is 34.7 Å². The highest BCUT2D eigenvalue weighted by atomic mass is 35.5. The highest BCUT2D eigenvalue weighted by Crippen LogP contribution is 2.23. The summed E-state index contributed by atoms with van der Waals surface area (Å²) in [6.45, 7) is 1.07. The van der Waals surface area contributed by atoms with Gasteiger partial charge in [0.15, 0.2) is 5.82 Å². The molecule has 0 aliphatic carbocycles. The van der Waals surface area contributed by atoms with Gasteiger partial charge in [-0.2, -0.15) is 10.2 Å². The van der Waals surface area contributed by atoms with Gasteiger partial charge >= 0.3 is 0 Å². The van der Waals surface area contributed by atoms with Crippen LogP contribution in [-0.4, -0.2) is 25.5 Å². The number of anilines is 1. The summed E-state index contributed by atoms with van der Waals surface area (Å²) in [5, 5.41) is 14.8. The number of rotatable bonds is 6. The monoisotopic (exact) mass is 465 g/mol. The Morgan fingerprint density at radius 3 is 2.62 bits per heavy atom. The normalized spacial score (nSPS) is 11.0. The number of thiophene rings is 1. The molecule has 4 rings (SSSR count). The number of nitrogens with zero attached hydrogens (tertiary/aromatic N) is 4. The van der Waals surface area contributed by atoms with Crippen molar-refractivity contribution in [2.75, 3.05) is 5.32 Å². The summed E-state index contributed by atoms with van der Waals surface area (Å²) in [6, 6.07) is 9.01. The SMILES string of the molecule is O=C(Nc1ccn(Cc2ccc(Cl)c(Cl)c2)n1)c1cc(Cn2cc(Cl)cn2)cs1. The lowest BCUT2D eigenvalue weighted by Gasteiger charge is -2.04. The number of aromatic nitrogens is 4. The number of benzene rings is 1. The van der Waals surface area contributed by atoms with Gasteiger partial charge in [-0.25, -0.2) is 0 Å². The van der Waals surface area contributed by atoms with Gasteiger partial charge in [0, 0.05) is 18.5 Å². The molecule has 0 bridgehead atoms. The number of hydrogen-bond donors (Lipinski definition) is 1. The summed E-state index contributed by atoms with van der Waals surface area (Å²) in [5.41, 5.74) is 1.94. The van der Waals surface area contributed by atoms with E-state index in [9.17, 15) is 4.79 Å². The molecule has 1 aromatic carbocycles. The first-order chi connectivity index (χ1) is 14.0. The summed E-state index contributed by atoms with van der Waals surface area (Å²) in [5.74, 6) is 0.267. The Kier molecular flexibility index (Phi) is 5.91. The first-order valence-corrected chi connectivity index (χ1v) is 10.5. The minimum absolute atomic E-state index is 0.209. The number of carbonyl (C=O) groups is 1. The van der Waals surface area contributed by atoms with Crippen molar-refractivity contribution in [1.82, 2.24) is 19.6 Å². The topological polar surface area (TPSA) is 64.7 Å². The summed E-state index contributed by atoms with van der Waals surface area (Å²) in [7, 11) is 0. The van der Waals surface area contributed by atoms with Gasteiger partial charge in [0.1, 0.15) is 0 Å². The van der Waals surface area contributed by atoms with Crippen molar-refractivity contribution in [2.45, 2.75) is 13.1 Å². The molecule has 0 unspecified atom stereocenters. The average molecular weight is 467 g/mol. The minimum atomic E-state index is -0.209. The van der Waals surface area contributed by atoms with Crippen LogP contribution >= 0.6 is 46.1 Å². The van der Waals surface area contributed by atoms with Crippen LogP contribution in [0.25, 0.3) is 0 Å². The van der Waals surface area contributed by atoms with E-state index in [-0.39, 0.29) is 5.91 Å². The van der Waals surface area contributed by atoms with Crippen LogP contribution in [0.1, 0.15) is 20.8 Å². The minimum Gasteiger partial charge on any atom is -0.304 e. The molecule has 4 aromatic rings. The van der Waals surface area contributed by atoms with Crippen LogP contribution in [-0.2, 0) is 13.1 Å². The van der Waals surface area contributed by atoms with Crippen LogP contribution in [0.2, 0.25) is 15.1 Å². The molecular weight excluding hydrogens is 453 g/mol. The highest BCUT2D eigenvalue weighted by Gasteiger charge is 2.12. The van der Waals surface area contributed by atoms with Crippen molar-refractivity contribution in [1.29, 1.82) is 0 Å². The second-order valence-electron chi connectivity index (χ2n) is 6.28. The van der Waals surface area contributed by atoms with Crippen molar-refractivity contribution in [2.24, 2.45) is 0 Å². The van der Waals surface area contributed by atoms with E-state index in [1.54, 1.807) is 46.2 Å². The van der Waals surface area contributed by atoms with Gasteiger partial charge < -0.3 is 5.32 Å². The fraction of sp³-hybridized carbons (Fsp3) is 0.105. The molecule has 1 amide bonds. The maximum absolute atomic E-state index is 12.5. The molecule has 29 heavy (non-hydrogen) atoms. The van der Waals surface area contributed by atoms with E-state index in [1.165, 1.54) is 11.3 Å². The molecule has 148 valence electrons. The predicted octanol–water partition coefficient (Wildman–Crippen LogP) is 5.45. The molecule has 3 aromatic heterocycles. The zero-order chi connectivity index (χ0) is 20.4. The fourth-order valence-corrected chi connectivity index (χ4v) is 3.98. The Hall–Kier alpha value is -2.32. The summed E-state index contributed by atoms with van der Waals surface area (Å²) in [4.78, 5) is 13.1. The average Bonchev–Trinajstić information content (AvgIpc) is 3.41. The van der Waals surface area contributed by atoms with E-state index >= 15 is 0 Å². The molecule has 0 fully saturated rings. The molecule has 0 radical (unpaired) electrons. The molecule has 1 N–H and O–H groups in total. The first kappa shape index (κ1) is 20.0. The van der Waals surface area contributed by atoms with Crippen LogP contribution in [0.3, 0.4) is 0 Å². The predicted molar refractivity (Wildman–Crippen MR) is 116 cm³/mol. The maximum atomic E-state index is 12.5. The zero-order valence-electron chi connectivity index (χ0n) is 14.8. The van der Waals surface area contributed by atoms with Gasteiger partial charge in [-0.1, -0.05) is 40.9 Å². The quantitative estimate of drug-likeness (QED) is 0.411. The van der Waals surface area contributed by atoms with Gasteiger partial charge in [-0.3, -0.25) is 14.2 Å². The summed E-state index contributed by atoms with van der Waals surface area (Å²) >= 11 is 19.2. The molecule has 0 aliphatic rings. The van der Waals surface area contributed by atoms with Crippen LogP contribution < -0.4 is 5.32 Å². The van der Waals surface area contributed by atoms with E-state index in [4.69, 9.17) is 34.8 Å². The Morgan fingerprint density at radius 1 is 1.03 bits per heavy atom. The van der Waals surface area contributed by atoms with E-state index in [1.807, 2.05) is 17.5 Å². The first-order valence-electron chi connectivity index (χ1n) is 8.50. The zero-order valence-corrected chi connectivity index (χ0v) is 17.9. The van der Waals surface area contributed by atoms with Crippen molar-refractivity contribution in [3.63, 3.8) is 0 Å². The number of nitrogens with one attached hydrogen (secondary N) is 1. The maximum Gasteiger partial charge on any atom is 0.266 e. The van der Waals surface area contributed by atoms with Crippen LogP contribution in [0.5, 0.6) is 0 Å². The third-order valence-electron chi connectivity index (χ3n) is 4.03. The van der Waals surface area contributed by atoms with E-state index in [0.717, 1.165) is 11.1 Å². The second kappa shape index (κ2) is 8.59. The highest BCUT2D eigenvalue weighted by molar-refractivity contribution is 7.12. The Bertz CT molecular complexity index is 1170. The van der Waals surface area contributed by atoms with Crippen molar-refractivity contribution >= 4 is 57.9 Å². The smallest absolute Gasteiger partial charge is 0.266 e. The number of hydrogen-bond acceptors (Lipinski definition) is 4. The third kappa shape index (κ3) is 5.00. The molecule has 6 nitrogen and oxygen atoms in total. The van der Waals surface area contributed by atoms with Gasteiger partial charge in [0.05, 0.1) is 39.2 Å². The Morgan fingerprint density at radius 2 is 1.86 bits per heavy atom. The van der Waals surface area contributed by atoms with Gasteiger partial charge in [0.25, 0.3) is 5.91 Å².